The predicted octanol–water partition coefficient (Wildman–Crippen LogP) is 7.34. The molecule has 3 saturated carbocycles. The zero-order valence-electron chi connectivity index (χ0n) is 21.7. The Morgan fingerprint density at radius 2 is 1.03 bits per heavy atom. The van der Waals surface area contributed by atoms with Crippen LogP contribution in [0.1, 0.15) is 117 Å². The summed E-state index contributed by atoms with van der Waals surface area (Å²) in [5, 5.41) is 0. The molecule has 0 heterocycles. The van der Waals surface area contributed by atoms with Gasteiger partial charge in [0.25, 0.3) is 0 Å². The van der Waals surface area contributed by atoms with Crippen LogP contribution in [-0.2, 0) is 19.1 Å². The molecule has 3 rings (SSSR count). The Kier molecular flexibility index (Phi) is 11.0. The number of ether oxygens (including phenoxy) is 2. The molecule has 3 aliphatic carbocycles. The summed E-state index contributed by atoms with van der Waals surface area (Å²) < 4.78 is 11.6. The minimum Gasteiger partial charge on any atom is -0.465 e. The molecule has 4 heteroatoms. The second kappa shape index (κ2) is 13.7. The standard InChI is InChI=1S/C29H50O4/c1-4-6-22-9-13-24(14-10-22)19-32-28(30)26-17-8-21(3)18-27(26)29(31)33-20-25-15-11-23(7-5-2)12-16-25/h21-27H,4-20H2,1-3H3. The summed E-state index contributed by atoms with van der Waals surface area (Å²) in [5.41, 5.74) is 0. The highest BCUT2D eigenvalue weighted by Crippen LogP contribution is 2.37. The fourth-order valence-electron chi connectivity index (χ4n) is 6.73. The predicted molar refractivity (Wildman–Crippen MR) is 133 cm³/mol. The molecule has 3 aliphatic rings. The molecule has 3 fully saturated rings. The van der Waals surface area contributed by atoms with Gasteiger partial charge in [0.2, 0.25) is 0 Å². The van der Waals surface area contributed by atoms with Gasteiger partial charge in [0.05, 0.1) is 25.0 Å². The summed E-state index contributed by atoms with van der Waals surface area (Å²) >= 11 is 0. The summed E-state index contributed by atoms with van der Waals surface area (Å²) in [6, 6.07) is 0. The Labute approximate surface area is 202 Å². The fourth-order valence-corrected chi connectivity index (χ4v) is 6.73. The molecule has 0 aromatic rings. The lowest BCUT2D eigenvalue weighted by atomic mass is 9.74. The van der Waals surface area contributed by atoms with Crippen molar-refractivity contribution in [2.75, 3.05) is 13.2 Å². The van der Waals surface area contributed by atoms with Gasteiger partial charge < -0.3 is 9.47 Å². The van der Waals surface area contributed by atoms with E-state index < -0.39 is 0 Å². The Bertz CT molecular complexity index is 586. The maximum absolute atomic E-state index is 13.0. The summed E-state index contributed by atoms with van der Waals surface area (Å²) in [7, 11) is 0. The molecule has 3 atom stereocenters. The highest BCUT2D eigenvalue weighted by atomic mass is 16.5. The van der Waals surface area contributed by atoms with Crippen LogP contribution in [0.25, 0.3) is 0 Å². The SMILES string of the molecule is CCCC1CCC(COC(=O)C2CCC(C)CC2C(=O)OCC2CCC(CCC)CC2)CC1. The Morgan fingerprint density at radius 1 is 0.606 bits per heavy atom. The van der Waals surface area contributed by atoms with Crippen LogP contribution in [0.4, 0.5) is 0 Å². The molecule has 3 unspecified atom stereocenters. The third-order valence-electron chi connectivity index (χ3n) is 8.97. The van der Waals surface area contributed by atoms with E-state index in [2.05, 4.69) is 20.8 Å². The lowest BCUT2D eigenvalue weighted by Crippen LogP contribution is -2.38. The van der Waals surface area contributed by atoms with E-state index in [4.69, 9.17) is 9.47 Å². The van der Waals surface area contributed by atoms with E-state index >= 15 is 0 Å². The highest BCUT2D eigenvalue weighted by molar-refractivity contribution is 5.82. The van der Waals surface area contributed by atoms with Crippen LogP contribution < -0.4 is 0 Å². The third-order valence-corrected chi connectivity index (χ3v) is 8.97. The van der Waals surface area contributed by atoms with Gasteiger partial charge in [-0.05, 0) is 74.5 Å². The number of carbonyl (C=O) groups excluding carboxylic acids is 2. The van der Waals surface area contributed by atoms with Crippen LogP contribution in [0.5, 0.6) is 0 Å². The first-order chi connectivity index (χ1) is 16.0. The number of hydrogen-bond acceptors (Lipinski definition) is 4. The maximum Gasteiger partial charge on any atom is 0.309 e. The van der Waals surface area contributed by atoms with E-state index in [1.807, 2.05) is 0 Å². The minimum atomic E-state index is -0.321. The molecule has 4 nitrogen and oxygen atoms in total. The average Bonchev–Trinajstić information content (AvgIpc) is 2.83. The van der Waals surface area contributed by atoms with E-state index in [9.17, 15) is 9.59 Å². The van der Waals surface area contributed by atoms with Crippen molar-refractivity contribution in [2.24, 2.45) is 41.4 Å². The lowest BCUT2D eigenvalue weighted by molar-refractivity contribution is -0.165. The van der Waals surface area contributed by atoms with Gasteiger partial charge in [0, 0.05) is 0 Å². The lowest BCUT2D eigenvalue weighted by Gasteiger charge is -2.33. The van der Waals surface area contributed by atoms with E-state index in [1.165, 1.54) is 77.0 Å². The van der Waals surface area contributed by atoms with E-state index in [1.54, 1.807) is 0 Å². The van der Waals surface area contributed by atoms with Gasteiger partial charge in [-0.3, -0.25) is 9.59 Å². The van der Waals surface area contributed by atoms with Crippen LogP contribution >= 0.6 is 0 Å². The van der Waals surface area contributed by atoms with Gasteiger partial charge in [0.1, 0.15) is 0 Å². The topological polar surface area (TPSA) is 52.6 Å². The van der Waals surface area contributed by atoms with Gasteiger partial charge >= 0.3 is 11.9 Å². The van der Waals surface area contributed by atoms with Gasteiger partial charge in [-0.2, -0.15) is 0 Å². The van der Waals surface area contributed by atoms with Crippen LogP contribution in [0.3, 0.4) is 0 Å². The first kappa shape index (κ1) is 26.5. The fraction of sp³-hybridized carbons (Fsp3) is 0.931. The molecule has 0 saturated heterocycles. The van der Waals surface area contributed by atoms with Crippen LogP contribution in [0.15, 0.2) is 0 Å². The smallest absolute Gasteiger partial charge is 0.309 e. The molecule has 190 valence electrons. The number of rotatable bonds is 10. The molecule has 0 aromatic carbocycles. The second-order valence-corrected chi connectivity index (χ2v) is 11.7. The molecule has 0 N–H and O–H groups in total. The van der Waals surface area contributed by atoms with Gasteiger partial charge in [-0.15, -0.1) is 0 Å². The molecular weight excluding hydrogens is 412 g/mol. The first-order valence-corrected chi connectivity index (χ1v) is 14.3. The molecule has 0 aliphatic heterocycles. The van der Waals surface area contributed by atoms with Crippen LogP contribution in [-0.4, -0.2) is 25.2 Å². The van der Waals surface area contributed by atoms with Crippen molar-refractivity contribution >= 4 is 11.9 Å². The maximum atomic E-state index is 13.0. The summed E-state index contributed by atoms with van der Waals surface area (Å²) in [6.07, 6.45) is 17.5. The van der Waals surface area contributed by atoms with Crippen molar-refractivity contribution in [1.29, 1.82) is 0 Å². The quantitative estimate of drug-likeness (QED) is 0.319. The van der Waals surface area contributed by atoms with E-state index in [0.29, 0.717) is 31.0 Å². The monoisotopic (exact) mass is 462 g/mol. The molecule has 0 radical (unpaired) electrons. The van der Waals surface area contributed by atoms with Crippen molar-refractivity contribution in [1.82, 2.24) is 0 Å². The molecule has 0 bridgehead atoms. The summed E-state index contributed by atoms with van der Waals surface area (Å²) in [6.45, 7) is 7.78. The Morgan fingerprint density at radius 3 is 1.48 bits per heavy atom. The highest BCUT2D eigenvalue weighted by Gasteiger charge is 2.40. The molecular formula is C29H50O4. The van der Waals surface area contributed by atoms with Crippen LogP contribution in [0.2, 0.25) is 0 Å². The summed E-state index contributed by atoms with van der Waals surface area (Å²) in [5.74, 6) is 2.24. The molecule has 0 aromatic heterocycles. The second-order valence-electron chi connectivity index (χ2n) is 11.7. The number of esters is 2. The zero-order chi connectivity index (χ0) is 23.6. The molecule has 33 heavy (non-hydrogen) atoms. The van der Waals surface area contributed by atoms with E-state index in [0.717, 1.165) is 31.1 Å². The number of hydrogen-bond donors (Lipinski definition) is 0. The molecule has 0 amide bonds. The van der Waals surface area contributed by atoms with Gasteiger partial charge in [0.15, 0.2) is 0 Å². The Balaban J connectivity index is 1.43. The van der Waals surface area contributed by atoms with Crippen molar-refractivity contribution < 1.29 is 19.1 Å². The van der Waals surface area contributed by atoms with Crippen molar-refractivity contribution in [2.45, 2.75) is 117 Å². The summed E-state index contributed by atoms with van der Waals surface area (Å²) in [4.78, 5) is 26.0. The Hall–Kier alpha value is -1.06. The van der Waals surface area contributed by atoms with Gasteiger partial charge in [-0.25, -0.2) is 0 Å². The van der Waals surface area contributed by atoms with Gasteiger partial charge in [-0.1, -0.05) is 72.1 Å². The zero-order valence-corrected chi connectivity index (χ0v) is 21.7. The molecule has 0 spiro atoms. The third kappa shape index (κ3) is 8.28. The number of carbonyl (C=O) groups is 2. The average molecular weight is 463 g/mol. The normalized spacial score (nSPS) is 35.1. The van der Waals surface area contributed by atoms with Crippen molar-refractivity contribution in [3.05, 3.63) is 0 Å². The van der Waals surface area contributed by atoms with E-state index in [-0.39, 0.29) is 23.8 Å². The largest absolute Gasteiger partial charge is 0.465 e. The van der Waals surface area contributed by atoms with Crippen molar-refractivity contribution in [3.63, 3.8) is 0 Å². The van der Waals surface area contributed by atoms with Crippen molar-refractivity contribution in [3.8, 4) is 0 Å². The van der Waals surface area contributed by atoms with Crippen LogP contribution in [0, 0.1) is 41.4 Å². The first-order valence-electron chi connectivity index (χ1n) is 14.3. The minimum absolute atomic E-state index is 0.153.